The van der Waals surface area contributed by atoms with Gasteiger partial charge in [-0.1, -0.05) is 35.9 Å². The summed E-state index contributed by atoms with van der Waals surface area (Å²) in [5.74, 6) is 0.884. The predicted molar refractivity (Wildman–Crippen MR) is 188 cm³/mol. The lowest BCUT2D eigenvalue weighted by Gasteiger charge is -2.09. The molecule has 0 aliphatic rings. The van der Waals surface area contributed by atoms with Crippen LogP contribution in [0.15, 0.2) is 71.5 Å². The van der Waals surface area contributed by atoms with Crippen molar-refractivity contribution < 1.29 is 41.7 Å². The third-order valence-electron chi connectivity index (χ3n) is 7.80. The maximum Gasteiger partial charge on any atom is 0.416 e. The highest BCUT2D eigenvalue weighted by Gasteiger charge is 2.30. The number of benzene rings is 3. The molecule has 0 bridgehead atoms. The van der Waals surface area contributed by atoms with Crippen molar-refractivity contribution in [2.75, 3.05) is 66.0 Å². The van der Waals surface area contributed by atoms with E-state index in [1.165, 1.54) is 16.8 Å². The van der Waals surface area contributed by atoms with Gasteiger partial charge in [-0.2, -0.15) is 17.9 Å². The molecule has 5 rings (SSSR count). The van der Waals surface area contributed by atoms with Gasteiger partial charge in [-0.15, -0.1) is 0 Å². The standard InChI is InChI=1S/C36H39ClF3N5O7/c37-28-8-12-31-32(23-28)43-35(42-31)45-34(47)30(33(44-45)26-4-6-27(7-5-26)36(38,39)40)11-3-25-1-9-29(10-2-25)52-22-21-51-20-19-50-18-17-49-16-15-48-14-13-41-24-46/h1-2,4-10,12,23-24,44H,3,11,13-22H2,(H,41,46)(H,42,43). The molecule has 0 atom stereocenters. The summed E-state index contributed by atoms with van der Waals surface area (Å²) in [7, 11) is 0. The number of carbonyl (C=O) groups is 1. The summed E-state index contributed by atoms with van der Waals surface area (Å²) in [6.45, 7) is 4.23. The first-order valence-corrected chi connectivity index (χ1v) is 17.0. The second kappa shape index (κ2) is 19.2. The molecule has 52 heavy (non-hydrogen) atoms. The van der Waals surface area contributed by atoms with E-state index >= 15 is 0 Å². The molecule has 5 aromatic rings. The highest BCUT2D eigenvalue weighted by atomic mass is 35.5. The van der Waals surface area contributed by atoms with Crippen LogP contribution in [0.25, 0.3) is 28.2 Å². The van der Waals surface area contributed by atoms with Crippen LogP contribution in [0.5, 0.6) is 5.75 Å². The molecule has 0 radical (unpaired) electrons. The minimum atomic E-state index is -4.49. The average molecular weight is 746 g/mol. The van der Waals surface area contributed by atoms with Crippen LogP contribution in [-0.4, -0.2) is 92.2 Å². The molecule has 0 saturated carbocycles. The van der Waals surface area contributed by atoms with E-state index in [1.54, 1.807) is 18.2 Å². The van der Waals surface area contributed by atoms with E-state index in [0.29, 0.717) is 124 Å². The van der Waals surface area contributed by atoms with Crippen molar-refractivity contribution in [3.63, 3.8) is 0 Å². The zero-order valence-electron chi connectivity index (χ0n) is 28.2. The molecule has 0 unspecified atom stereocenters. The summed E-state index contributed by atoms with van der Waals surface area (Å²) in [6, 6.07) is 17.2. The molecule has 3 N–H and O–H groups in total. The summed E-state index contributed by atoms with van der Waals surface area (Å²) in [6.07, 6.45) is -3.07. The Balaban J connectivity index is 1.09. The van der Waals surface area contributed by atoms with Crippen LogP contribution >= 0.6 is 11.6 Å². The fourth-order valence-electron chi connectivity index (χ4n) is 5.18. The lowest BCUT2D eigenvalue weighted by Crippen LogP contribution is -2.19. The largest absolute Gasteiger partial charge is 0.491 e. The van der Waals surface area contributed by atoms with Gasteiger partial charge >= 0.3 is 6.18 Å². The van der Waals surface area contributed by atoms with Gasteiger partial charge in [0.1, 0.15) is 12.4 Å². The van der Waals surface area contributed by atoms with Gasteiger partial charge in [0.2, 0.25) is 12.4 Å². The fourth-order valence-corrected chi connectivity index (χ4v) is 5.36. The van der Waals surface area contributed by atoms with Gasteiger partial charge in [0.15, 0.2) is 0 Å². The molecule has 16 heteroatoms. The fraction of sp³-hybridized carbons (Fsp3) is 0.361. The quantitative estimate of drug-likeness (QED) is 0.0636. The zero-order valence-corrected chi connectivity index (χ0v) is 28.9. The molecular formula is C36H39ClF3N5O7. The van der Waals surface area contributed by atoms with E-state index in [4.69, 9.17) is 35.3 Å². The predicted octanol–water partition coefficient (Wildman–Crippen LogP) is 5.36. The second-order valence-electron chi connectivity index (χ2n) is 11.4. The van der Waals surface area contributed by atoms with Gasteiger partial charge in [-0.05, 0) is 66.4 Å². The number of aromatic nitrogens is 4. The van der Waals surface area contributed by atoms with Gasteiger partial charge in [-0.25, -0.2) is 4.98 Å². The minimum Gasteiger partial charge on any atom is -0.491 e. The summed E-state index contributed by atoms with van der Waals surface area (Å²) in [5, 5.41) is 6.07. The Morgan fingerprint density at radius 1 is 0.808 bits per heavy atom. The van der Waals surface area contributed by atoms with Crippen molar-refractivity contribution in [2.45, 2.75) is 19.0 Å². The van der Waals surface area contributed by atoms with Crippen molar-refractivity contribution in [1.29, 1.82) is 0 Å². The number of imidazole rings is 1. The van der Waals surface area contributed by atoms with Crippen molar-refractivity contribution >= 4 is 29.0 Å². The molecule has 0 saturated heterocycles. The van der Waals surface area contributed by atoms with E-state index in [9.17, 15) is 22.8 Å². The Hall–Kier alpha value is -4.67. The molecule has 2 heterocycles. The first kappa shape index (κ1) is 38.6. The molecule has 0 spiro atoms. The highest BCUT2D eigenvalue weighted by molar-refractivity contribution is 6.31. The number of aryl methyl sites for hydroxylation is 1. The number of hydrogen-bond acceptors (Lipinski definition) is 8. The third-order valence-corrected chi connectivity index (χ3v) is 8.04. The number of nitrogens with one attached hydrogen (secondary N) is 3. The Labute approximate surface area is 302 Å². The maximum absolute atomic E-state index is 13.7. The molecule has 0 aliphatic carbocycles. The van der Waals surface area contributed by atoms with E-state index < -0.39 is 11.7 Å². The average Bonchev–Trinajstić information content (AvgIpc) is 3.70. The van der Waals surface area contributed by atoms with Crippen LogP contribution in [0.3, 0.4) is 0 Å². The number of nitrogens with zero attached hydrogens (tertiary/aromatic N) is 2. The number of hydrogen-bond donors (Lipinski definition) is 3. The third kappa shape index (κ3) is 11.2. The molecule has 3 aromatic carbocycles. The maximum atomic E-state index is 13.7. The number of fused-ring (bicyclic) bond motifs is 1. The lowest BCUT2D eigenvalue weighted by atomic mass is 10.0. The normalized spacial score (nSPS) is 11.7. The first-order chi connectivity index (χ1) is 25.2. The number of carbonyl (C=O) groups excluding carboxylic acids is 1. The molecule has 0 aliphatic heterocycles. The van der Waals surface area contributed by atoms with Gasteiger partial charge < -0.3 is 34.0 Å². The Bertz CT molecular complexity index is 1910. The van der Waals surface area contributed by atoms with Crippen molar-refractivity contribution in [2.24, 2.45) is 0 Å². The van der Waals surface area contributed by atoms with Crippen molar-refractivity contribution in [3.8, 4) is 23.0 Å². The van der Waals surface area contributed by atoms with E-state index in [2.05, 4.69) is 20.4 Å². The van der Waals surface area contributed by atoms with E-state index in [0.717, 1.165) is 17.7 Å². The van der Waals surface area contributed by atoms with Crippen molar-refractivity contribution in [1.82, 2.24) is 25.1 Å². The minimum absolute atomic E-state index is 0.227. The SMILES string of the molecule is O=CNCCOCCOCCOCCOCCOc1ccc(CCc2c(-c3ccc(C(F)(F)F)cc3)[nH]n(-c3nc4ccc(Cl)cc4[nH]3)c2=O)cc1. The van der Waals surface area contributed by atoms with Gasteiger partial charge in [0.25, 0.3) is 5.56 Å². The molecule has 278 valence electrons. The van der Waals surface area contributed by atoms with Gasteiger partial charge in [0, 0.05) is 17.1 Å². The summed E-state index contributed by atoms with van der Waals surface area (Å²) < 4.78 is 68.5. The summed E-state index contributed by atoms with van der Waals surface area (Å²) in [5.41, 5.74) is 2.24. The summed E-state index contributed by atoms with van der Waals surface area (Å²) >= 11 is 6.12. The van der Waals surface area contributed by atoms with E-state index in [-0.39, 0.29) is 11.5 Å². The smallest absolute Gasteiger partial charge is 0.416 e. The van der Waals surface area contributed by atoms with Crippen LogP contribution in [0, 0.1) is 0 Å². The zero-order chi connectivity index (χ0) is 36.8. The number of H-pyrrole nitrogens is 2. The number of aromatic amines is 2. The molecule has 0 fully saturated rings. The molecule has 1 amide bonds. The topological polar surface area (TPSA) is 142 Å². The number of ether oxygens (including phenoxy) is 5. The molecule has 12 nitrogen and oxygen atoms in total. The lowest BCUT2D eigenvalue weighted by molar-refractivity contribution is -0.137. The number of alkyl halides is 3. The Morgan fingerprint density at radius 3 is 2.08 bits per heavy atom. The van der Waals surface area contributed by atoms with Gasteiger partial charge in [0.05, 0.1) is 75.1 Å². The number of rotatable bonds is 22. The second-order valence-corrected chi connectivity index (χ2v) is 11.9. The number of amides is 1. The molecule has 2 aromatic heterocycles. The monoisotopic (exact) mass is 745 g/mol. The van der Waals surface area contributed by atoms with Crippen LogP contribution < -0.4 is 15.6 Å². The van der Waals surface area contributed by atoms with Crippen LogP contribution in [0.2, 0.25) is 5.02 Å². The van der Waals surface area contributed by atoms with Gasteiger partial charge in [-0.3, -0.25) is 14.7 Å². The Morgan fingerprint density at radius 2 is 1.44 bits per heavy atom. The van der Waals surface area contributed by atoms with Crippen molar-refractivity contribution in [3.05, 3.63) is 98.8 Å². The molecular weight excluding hydrogens is 707 g/mol. The Kier molecular flexibility index (Phi) is 14.3. The number of halogens is 4. The van der Waals surface area contributed by atoms with Crippen LogP contribution in [-0.2, 0) is 42.8 Å². The first-order valence-electron chi connectivity index (χ1n) is 16.6. The summed E-state index contributed by atoms with van der Waals surface area (Å²) in [4.78, 5) is 31.5. The van der Waals surface area contributed by atoms with Crippen LogP contribution in [0.4, 0.5) is 13.2 Å². The highest BCUT2D eigenvalue weighted by Crippen LogP contribution is 2.31. The van der Waals surface area contributed by atoms with Crippen LogP contribution in [0.1, 0.15) is 16.7 Å². The van der Waals surface area contributed by atoms with E-state index in [1.807, 2.05) is 24.3 Å².